The van der Waals surface area contributed by atoms with Gasteiger partial charge in [0.15, 0.2) is 0 Å². The molecule has 1 atom stereocenters. The number of methoxy groups -OCH3 is 1. The number of rotatable bonds is 7. The molecule has 1 aromatic rings. The Balaban J connectivity index is 2.22. The van der Waals surface area contributed by atoms with Gasteiger partial charge in [-0.1, -0.05) is 12.8 Å². The number of aryl methyl sites for hydroxylation is 1. The van der Waals surface area contributed by atoms with E-state index in [9.17, 15) is 4.79 Å². The molecule has 0 N–H and O–H groups in total. The molecule has 1 heterocycles. The SMILES string of the molecule is CCO/C=C/c1cc(C(CC2CC2)C(=O)OC)ncc1C. The molecule has 114 valence electrons. The number of ether oxygens (including phenoxy) is 2. The van der Waals surface area contributed by atoms with Crippen LogP contribution in [0, 0.1) is 12.8 Å². The lowest BCUT2D eigenvalue weighted by Gasteiger charge is -2.15. The van der Waals surface area contributed by atoms with Gasteiger partial charge in [0.25, 0.3) is 0 Å². The number of hydrogen-bond acceptors (Lipinski definition) is 4. The average Bonchev–Trinajstić information content (AvgIpc) is 3.30. The first-order valence-electron chi connectivity index (χ1n) is 7.48. The summed E-state index contributed by atoms with van der Waals surface area (Å²) in [6, 6.07) is 1.97. The molecular weight excluding hydrogens is 266 g/mol. The van der Waals surface area contributed by atoms with Crippen LogP contribution in [0.2, 0.25) is 0 Å². The fourth-order valence-corrected chi connectivity index (χ4v) is 2.31. The van der Waals surface area contributed by atoms with Crippen molar-refractivity contribution in [1.82, 2.24) is 4.98 Å². The first-order valence-corrected chi connectivity index (χ1v) is 7.48. The number of pyridine rings is 1. The van der Waals surface area contributed by atoms with Gasteiger partial charge < -0.3 is 9.47 Å². The molecule has 2 rings (SSSR count). The first-order chi connectivity index (χ1) is 10.2. The molecule has 1 aliphatic carbocycles. The molecule has 0 saturated heterocycles. The van der Waals surface area contributed by atoms with Crippen LogP contribution >= 0.6 is 0 Å². The van der Waals surface area contributed by atoms with Gasteiger partial charge in [-0.05, 0) is 49.5 Å². The minimum atomic E-state index is -0.262. The summed E-state index contributed by atoms with van der Waals surface area (Å²) in [6.07, 6.45) is 8.64. The average molecular weight is 289 g/mol. The van der Waals surface area contributed by atoms with Crippen LogP contribution in [0.3, 0.4) is 0 Å². The van der Waals surface area contributed by atoms with Crippen LogP contribution in [-0.4, -0.2) is 24.7 Å². The van der Waals surface area contributed by atoms with E-state index in [-0.39, 0.29) is 11.9 Å². The highest BCUT2D eigenvalue weighted by atomic mass is 16.5. The normalized spacial score (nSPS) is 16.0. The van der Waals surface area contributed by atoms with Crippen LogP contribution in [0.25, 0.3) is 6.08 Å². The van der Waals surface area contributed by atoms with Crippen molar-refractivity contribution in [3.05, 3.63) is 35.3 Å². The Morgan fingerprint density at radius 2 is 2.29 bits per heavy atom. The minimum absolute atomic E-state index is 0.196. The Hall–Kier alpha value is -1.84. The number of carbonyl (C=O) groups excluding carboxylic acids is 1. The van der Waals surface area contributed by atoms with Gasteiger partial charge in [-0.15, -0.1) is 0 Å². The molecule has 1 aromatic heterocycles. The zero-order valence-corrected chi connectivity index (χ0v) is 13.0. The molecule has 0 aliphatic heterocycles. The number of hydrogen-bond donors (Lipinski definition) is 0. The quantitative estimate of drug-likeness (QED) is 0.570. The smallest absolute Gasteiger partial charge is 0.314 e. The lowest BCUT2D eigenvalue weighted by Crippen LogP contribution is -2.16. The highest BCUT2D eigenvalue weighted by Crippen LogP contribution is 2.39. The third kappa shape index (κ3) is 4.31. The van der Waals surface area contributed by atoms with Crippen molar-refractivity contribution >= 4 is 12.0 Å². The summed E-state index contributed by atoms with van der Waals surface area (Å²) in [5.74, 6) is 0.181. The molecule has 0 bridgehead atoms. The summed E-state index contributed by atoms with van der Waals surface area (Å²) < 4.78 is 10.2. The summed E-state index contributed by atoms with van der Waals surface area (Å²) in [4.78, 5) is 16.5. The van der Waals surface area contributed by atoms with Crippen LogP contribution in [0.4, 0.5) is 0 Å². The van der Waals surface area contributed by atoms with Crippen molar-refractivity contribution < 1.29 is 14.3 Å². The Kier molecular flexibility index (Phi) is 5.37. The monoisotopic (exact) mass is 289 g/mol. The second-order valence-corrected chi connectivity index (χ2v) is 5.48. The molecule has 1 fully saturated rings. The summed E-state index contributed by atoms with van der Waals surface area (Å²) in [6.45, 7) is 4.58. The van der Waals surface area contributed by atoms with E-state index in [2.05, 4.69) is 4.98 Å². The third-order valence-electron chi connectivity index (χ3n) is 3.79. The van der Waals surface area contributed by atoms with Gasteiger partial charge in [-0.25, -0.2) is 0 Å². The van der Waals surface area contributed by atoms with Gasteiger partial charge >= 0.3 is 5.97 Å². The van der Waals surface area contributed by atoms with E-state index >= 15 is 0 Å². The summed E-state index contributed by atoms with van der Waals surface area (Å²) in [5.41, 5.74) is 2.87. The van der Waals surface area contributed by atoms with E-state index in [1.165, 1.54) is 20.0 Å². The van der Waals surface area contributed by atoms with Crippen molar-refractivity contribution in [2.75, 3.05) is 13.7 Å². The van der Waals surface area contributed by atoms with E-state index in [1.807, 2.05) is 32.2 Å². The van der Waals surface area contributed by atoms with Gasteiger partial charge in [-0.3, -0.25) is 9.78 Å². The maximum Gasteiger partial charge on any atom is 0.314 e. The van der Waals surface area contributed by atoms with Crippen molar-refractivity contribution in [1.29, 1.82) is 0 Å². The molecular formula is C17H23NO3. The Labute approximate surface area is 126 Å². The van der Waals surface area contributed by atoms with E-state index in [1.54, 1.807) is 6.26 Å². The third-order valence-corrected chi connectivity index (χ3v) is 3.79. The predicted octanol–water partition coefficient (Wildman–Crippen LogP) is 3.45. The van der Waals surface area contributed by atoms with E-state index in [0.717, 1.165) is 23.2 Å². The summed E-state index contributed by atoms with van der Waals surface area (Å²) in [5, 5.41) is 0. The van der Waals surface area contributed by atoms with Crippen LogP contribution in [-0.2, 0) is 14.3 Å². The fraction of sp³-hybridized carbons (Fsp3) is 0.529. The fourth-order valence-electron chi connectivity index (χ4n) is 2.31. The minimum Gasteiger partial charge on any atom is -0.501 e. The number of carbonyl (C=O) groups is 1. The van der Waals surface area contributed by atoms with Crippen LogP contribution in [0.5, 0.6) is 0 Å². The largest absolute Gasteiger partial charge is 0.501 e. The number of esters is 1. The highest BCUT2D eigenvalue weighted by molar-refractivity contribution is 5.77. The standard InChI is InChI=1S/C17H23NO3/c1-4-21-8-7-14-10-16(18-11-12(14)2)15(17(19)20-3)9-13-5-6-13/h7-8,10-11,13,15H,4-6,9H2,1-3H3/b8-7+. The molecule has 1 unspecified atom stereocenters. The van der Waals surface area contributed by atoms with Crippen molar-refractivity contribution in [3.63, 3.8) is 0 Å². The molecule has 4 heteroatoms. The number of nitrogens with zero attached hydrogens (tertiary/aromatic N) is 1. The van der Waals surface area contributed by atoms with Crippen LogP contribution < -0.4 is 0 Å². The maximum atomic E-state index is 12.0. The maximum absolute atomic E-state index is 12.0. The zero-order chi connectivity index (χ0) is 15.2. The van der Waals surface area contributed by atoms with Gasteiger partial charge in [0, 0.05) is 6.20 Å². The summed E-state index contributed by atoms with van der Waals surface area (Å²) >= 11 is 0. The molecule has 0 radical (unpaired) electrons. The molecule has 0 aromatic carbocycles. The van der Waals surface area contributed by atoms with E-state index in [4.69, 9.17) is 9.47 Å². The van der Waals surface area contributed by atoms with Crippen LogP contribution in [0.1, 0.15) is 48.9 Å². The van der Waals surface area contributed by atoms with E-state index < -0.39 is 0 Å². The Morgan fingerprint density at radius 3 is 2.90 bits per heavy atom. The molecule has 0 amide bonds. The second kappa shape index (κ2) is 7.25. The van der Waals surface area contributed by atoms with Gasteiger partial charge in [0.05, 0.1) is 31.6 Å². The molecule has 1 saturated carbocycles. The molecule has 4 nitrogen and oxygen atoms in total. The Morgan fingerprint density at radius 1 is 1.52 bits per heavy atom. The number of aromatic nitrogens is 1. The molecule has 1 aliphatic rings. The van der Waals surface area contributed by atoms with Crippen molar-refractivity contribution in [2.45, 2.75) is 39.0 Å². The molecule has 21 heavy (non-hydrogen) atoms. The second-order valence-electron chi connectivity index (χ2n) is 5.48. The van der Waals surface area contributed by atoms with Gasteiger partial charge in [0.2, 0.25) is 0 Å². The first kappa shape index (κ1) is 15.5. The highest BCUT2D eigenvalue weighted by Gasteiger charge is 2.32. The van der Waals surface area contributed by atoms with Crippen molar-refractivity contribution in [3.8, 4) is 0 Å². The Bertz CT molecular complexity index is 521. The van der Waals surface area contributed by atoms with Gasteiger partial charge in [-0.2, -0.15) is 0 Å². The van der Waals surface area contributed by atoms with Gasteiger partial charge in [0.1, 0.15) is 0 Å². The molecule has 0 spiro atoms. The van der Waals surface area contributed by atoms with Crippen molar-refractivity contribution in [2.24, 2.45) is 5.92 Å². The van der Waals surface area contributed by atoms with E-state index in [0.29, 0.717) is 12.5 Å². The lowest BCUT2D eigenvalue weighted by molar-refractivity contribution is -0.142. The predicted molar refractivity (Wildman–Crippen MR) is 81.7 cm³/mol. The summed E-state index contributed by atoms with van der Waals surface area (Å²) in [7, 11) is 1.44. The zero-order valence-electron chi connectivity index (χ0n) is 13.0. The topological polar surface area (TPSA) is 48.4 Å². The lowest BCUT2D eigenvalue weighted by atomic mass is 9.96. The van der Waals surface area contributed by atoms with Crippen LogP contribution in [0.15, 0.2) is 18.5 Å².